The molecule has 0 aliphatic heterocycles. The molecular formula is C10H11. The van der Waals surface area contributed by atoms with Crippen molar-refractivity contribution in [1.82, 2.24) is 0 Å². The first-order chi connectivity index (χ1) is 4.79. The standard InChI is InChI=1S/C10H11/c1-9(2)8-10-6-4-3-5-7-10/h3-4,6-8H,1-2H3. The maximum Gasteiger partial charge on any atom is -0.0178 e. The van der Waals surface area contributed by atoms with Gasteiger partial charge in [0.2, 0.25) is 0 Å². The Bertz CT molecular complexity index is 215. The largest absolute Gasteiger partial charge is 0.0758 e. The van der Waals surface area contributed by atoms with Crippen LogP contribution in [-0.2, 0) is 0 Å². The smallest absolute Gasteiger partial charge is 0.0178 e. The van der Waals surface area contributed by atoms with Crippen molar-refractivity contribution in [2.24, 2.45) is 0 Å². The Kier molecular flexibility index (Phi) is 2.27. The van der Waals surface area contributed by atoms with Crippen LogP contribution in [0.15, 0.2) is 29.8 Å². The minimum absolute atomic E-state index is 1.22. The minimum Gasteiger partial charge on any atom is -0.0758 e. The molecule has 1 aromatic carbocycles. The van der Waals surface area contributed by atoms with Crippen molar-refractivity contribution in [2.75, 3.05) is 0 Å². The quantitative estimate of drug-likeness (QED) is 0.549. The molecule has 1 aromatic rings. The lowest BCUT2D eigenvalue weighted by Gasteiger charge is -1.91. The molecule has 0 spiro atoms. The Morgan fingerprint density at radius 2 is 2.30 bits per heavy atom. The van der Waals surface area contributed by atoms with Crippen LogP contribution in [0.25, 0.3) is 6.08 Å². The van der Waals surface area contributed by atoms with Crippen molar-refractivity contribution < 1.29 is 0 Å². The first-order valence-corrected chi connectivity index (χ1v) is 3.40. The number of hydrogen-bond acceptors (Lipinski definition) is 0. The van der Waals surface area contributed by atoms with E-state index < -0.39 is 0 Å². The molecule has 10 heavy (non-hydrogen) atoms. The Morgan fingerprint density at radius 3 is 2.80 bits per heavy atom. The van der Waals surface area contributed by atoms with E-state index in [0.29, 0.717) is 0 Å². The SMILES string of the molecule is CC(C)=Cc1c[c]ccc1. The summed E-state index contributed by atoms with van der Waals surface area (Å²) >= 11 is 0. The molecule has 0 atom stereocenters. The first-order valence-electron chi connectivity index (χ1n) is 3.40. The summed E-state index contributed by atoms with van der Waals surface area (Å²) in [6.45, 7) is 4.18. The van der Waals surface area contributed by atoms with Crippen LogP contribution in [0.4, 0.5) is 0 Å². The van der Waals surface area contributed by atoms with Gasteiger partial charge in [-0.25, -0.2) is 0 Å². The zero-order chi connectivity index (χ0) is 7.40. The van der Waals surface area contributed by atoms with Crippen LogP contribution >= 0.6 is 0 Å². The molecule has 51 valence electrons. The fraction of sp³-hybridized carbons (Fsp3) is 0.200. The lowest BCUT2D eigenvalue weighted by molar-refractivity contribution is 1.42. The van der Waals surface area contributed by atoms with E-state index in [-0.39, 0.29) is 0 Å². The second kappa shape index (κ2) is 3.21. The normalized spacial score (nSPS) is 9.00. The summed E-state index contributed by atoms with van der Waals surface area (Å²) < 4.78 is 0. The monoisotopic (exact) mass is 131 g/mol. The highest BCUT2D eigenvalue weighted by molar-refractivity contribution is 5.51. The molecule has 0 fully saturated rings. The van der Waals surface area contributed by atoms with Gasteiger partial charge in [0.25, 0.3) is 0 Å². The zero-order valence-electron chi connectivity index (χ0n) is 6.39. The molecule has 0 aliphatic rings. The summed E-state index contributed by atoms with van der Waals surface area (Å²) in [5, 5.41) is 0. The summed E-state index contributed by atoms with van der Waals surface area (Å²) in [4.78, 5) is 0. The van der Waals surface area contributed by atoms with E-state index in [4.69, 9.17) is 0 Å². The summed E-state index contributed by atoms with van der Waals surface area (Å²) in [6, 6.07) is 11.0. The fourth-order valence-electron chi connectivity index (χ4n) is 0.830. The Labute approximate surface area is 62.2 Å². The van der Waals surface area contributed by atoms with E-state index in [2.05, 4.69) is 32.1 Å². The van der Waals surface area contributed by atoms with Crippen molar-refractivity contribution in [1.29, 1.82) is 0 Å². The molecule has 0 saturated carbocycles. The number of benzene rings is 1. The van der Waals surface area contributed by atoms with E-state index in [9.17, 15) is 0 Å². The molecule has 0 aliphatic carbocycles. The van der Waals surface area contributed by atoms with Crippen LogP contribution < -0.4 is 0 Å². The van der Waals surface area contributed by atoms with E-state index in [1.807, 2.05) is 18.2 Å². The van der Waals surface area contributed by atoms with Crippen LogP contribution in [0.5, 0.6) is 0 Å². The molecule has 1 radical (unpaired) electrons. The predicted octanol–water partition coefficient (Wildman–Crippen LogP) is 2.91. The average molecular weight is 131 g/mol. The Hall–Kier alpha value is -1.04. The molecule has 0 nitrogen and oxygen atoms in total. The van der Waals surface area contributed by atoms with Crippen molar-refractivity contribution in [3.05, 3.63) is 41.5 Å². The van der Waals surface area contributed by atoms with Gasteiger partial charge in [-0.2, -0.15) is 0 Å². The second-order valence-corrected chi connectivity index (χ2v) is 2.56. The predicted molar refractivity (Wildman–Crippen MR) is 44.6 cm³/mol. The van der Waals surface area contributed by atoms with Gasteiger partial charge in [0, 0.05) is 0 Å². The Balaban J connectivity index is 2.87. The molecule has 0 bridgehead atoms. The molecule has 0 heterocycles. The number of hydrogen-bond donors (Lipinski definition) is 0. The Morgan fingerprint density at radius 1 is 1.50 bits per heavy atom. The van der Waals surface area contributed by atoms with Crippen LogP contribution in [0.3, 0.4) is 0 Å². The lowest BCUT2D eigenvalue weighted by Crippen LogP contribution is -1.70. The van der Waals surface area contributed by atoms with Gasteiger partial charge in [-0.1, -0.05) is 29.8 Å². The summed E-state index contributed by atoms with van der Waals surface area (Å²) in [5.74, 6) is 0. The number of rotatable bonds is 1. The van der Waals surface area contributed by atoms with Crippen molar-refractivity contribution in [3.63, 3.8) is 0 Å². The van der Waals surface area contributed by atoms with Crippen LogP contribution in [0.2, 0.25) is 0 Å². The van der Waals surface area contributed by atoms with Crippen LogP contribution in [0, 0.1) is 6.07 Å². The van der Waals surface area contributed by atoms with Gasteiger partial charge in [0.15, 0.2) is 0 Å². The maximum absolute atomic E-state index is 3.02. The highest BCUT2D eigenvalue weighted by atomic mass is 13.9. The van der Waals surface area contributed by atoms with Crippen molar-refractivity contribution in [3.8, 4) is 0 Å². The molecule has 1 rings (SSSR count). The molecule has 0 heteroatoms. The van der Waals surface area contributed by atoms with Gasteiger partial charge in [0.05, 0.1) is 0 Å². The topological polar surface area (TPSA) is 0 Å². The average Bonchev–Trinajstić information content (AvgIpc) is 1.88. The molecule has 0 amide bonds. The maximum atomic E-state index is 3.02. The fourth-order valence-corrected chi connectivity index (χ4v) is 0.830. The van der Waals surface area contributed by atoms with Crippen LogP contribution in [-0.4, -0.2) is 0 Å². The number of allylic oxidation sites excluding steroid dienone is 1. The van der Waals surface area contributed by atoms with Gasteiger partial charge in [-0.15, -0.1) is 0 Å². The highest BCUT2D eigenvalue weighted by Crippen LogP contribution is 2.03. The summed E-state index contributed by atoms with van der Waals surface area (Å²) in [7, 11) is 0. The molecule has 0 unspecified atom stereocenters. The zero-order valence-corrected chi connectivity index (χ0v) is 6.39. The third kappa shape index (κ3) is 2.06. The third-order valence-corrected chi connectivity index (χ3v) is 1.19. The van der Waals surface area contributed by atoms with Gasteiger partial charge in [-0.05, 0) is 31.5 Å². The van der Waals surface area contributed by atoms with Gasteiger partial charge >= 0.3 is 0 Å². The first kappa shape index (κ1) is 7.07. The second-order valence-electron chi connectivity index (χ2n) is 2.56. The summed E-state index contributed by atoms with van der Waals surface area (Å²) in [6.07, 6.45) is 2.14. The van der Waals surface area contributed by atoms with E-state index in [1.165, 1.54) is 11.1 Å². The van der Waals surface area contributed by atoms with E-state index in [0.717, 1.165) is 0 Å². The summed E-state index contributed by atoms with van der Waals surface area (Å²) in [5.41, 5.74) is 2.54. The van der Waals surface area contributed by atoms with E-state index >= 15 is 0 Å². The van der Waals surface area contributed by atoms with Gasteiger partial charge in [-0.3, -0.25) is 0 Å². The van der Waals surface area contributed by atoms with Gasteiger partial charge in [0.1, 0.15) is 0 Å². The molecule has 0 aromatic heterocycles. The lowest BCUT2D eigenvalue weighted by atomic mass is 10.2. The third-order valence-electron chi connectivity index (χ3n) is 1.19. The molecule has 0 saturated heterocycles. The van der Waals surface area contributed by atoms with Crippen LogP contribution in [0.1, 0.15) is 19.4 Å². The van der Waals surface area contributed by atoms with Crippen molar-refractivity contribution >= 4 is 6.08 Å². The highest BCUT2D eigenvalue weighted by Gasteiger charge is 1.82. The van der Waals surface area contributed by atoms with E-state index in [1.54, 1.807) is 0 Å². The van der Waals surface area contributed by atoms with Gasteiger partial charge < -0.3 is 0 Å². The minimum atomic E-state index is 1.22. The molecule has 0 N–H and O–H groups in total. The molecular weight excluding hydrogens is 120 g/mol. The van der Waals surface area contributed by atoms with Crippen molar-refractivity contribution in [2.45, 2.75) is 13.8 Å².